The molecule has 0 spiro atoms. The van der Waals surface area contributed by atoms with Gasteiger partial charge in [0.15, 0.2) is 0 Å². The first kappa shape index (κ1) is 19.9. The topological polar surface area (TPSA) is 103 Å². The minimum Gasteiger partial charge on any atom is -0.345 e. The van der Waals surface area contributed by atoms with Crippen molar-refractivity contribution in [1.82, 2.24) is 29.9 Å². The van der Waals surface area contributed by atoms with Gasteiger partial charge >= 0.3 is 0 Å². The molecule has 0 saturated heterocycles. The van der Waals surface area contributed by atoms with Gasteiger partial charge < -0.3 is 9.88 Å². The van der Waals surface area contributed by atoms with E-state index in [0.29, 0.717) is 35.6 Å². The minimum absolute atomic E-state index is 0.0375. The zero-order valence-corrected chi connectivity index (χ0v) is 18.1. The number of fused-ring (bicyclic) bond motifs is 2. The summed E-state index contributed by atoms with van der Waals surface area (Å²) in [6.07, 6.45) is 7.39. The summed E-state index contributed by atoms with van der Waals surface area (Å²) < 4.78 is 0. The Kier molecular flexibility index (Phi) is 4.66. The van der Waals surface area contributed by atoms with Gasteiger partial charge in [0.25, 0.3) is 5.91 Å². The number of nitrogens with one attached hydrogen (secondary N) is 1. The summed E-state index contributed by atoms with van der Waals surface area (Å²) in [5, 5.41) is 18.7. The highest BCUT2D eigenvalue weighted by molar-refractivity contribution is 5.98. The minimum atomic E-state index is -0.0375. The molecule has 1 amide bonds. The van der Waals surface area contributed by atoms with E-state index >= 15 is 0 Å². The quantitative estimate of drug-likeness (QED) is 0.454. The maximum absolute atomic E-state index is 13.4. The molecular weight excluding hydrogens is 426 g/mol. The Labute approximate surface area is 195 Å². The van der Waals surface area contributed by atoms with Crippen LogP contribution in [0.2, 0.25) is 0 Å². The van der Waals surface area contributed by atoms with Crippen LogP contribution in [0.25, 0.3) is 27.8 Å². The van der Waals surface area contributed by atoms with Crippen molar-refractivity contribution in [3.8, 4) is 22.9 Å². The Hall–Kier alpha value is -4.77. The van der Waals surface area contributed by atoms with Crippen molar-refractivity contribution in [3.63, 3.8) is 0 Å². The van der Waals surface area contributed by atoms with Gasteiger partial charge in [0.05, 0.1) is 29.2 Å². The van der Waals surface area contributed by atoms with E-state index in [0.717, 1.165) is 28.5 Å². The summed E-state index contributed by atoms with van der Waals surface area (Å²) in [5.41, 5.74) is 6.88. The number of para-hydroxylation sites is 1. The molecule has 1 N–H and O–H groups in total. The predicted octanol–water partition coefficient (Wildman–Crippen LogP) is 3.88. The van der Waals surface area contributed by atoms with E-state index in [2.05, 4.69) is 44.4 Å². The van der Waals surface area contributed by atoms with E-state index < -0.39 is 0 Å². The largest absolute Gasteiger partial charge is 0.345 e. The number of carbonyl (C=O) groups is 1. The Balaban J connectivity index is 1.31. The lowest BCUT2D eigenvalue weighted by molar-refractivity contribution is 0.0734. The molecule has 1 aliphatic heterocycles. The maximum atomic E-state index is 13.4. The van der Waals surface area contributed by atoms with Crippen molar-refractivity contribution in [2.45, 2.75) is 13.0 Å². The van der Waals surface area contributed by atoms with Crippen LogP contribution < -0.4 is 0 Å². The van der Waals surface area contributed by atoms with Gasteiger partial charge in [-0.25, -0.2) is 4.98 Å². The Morgan fingerprint density at radius 1 is 1.03 bits per heavy atom. The molecule has 4 heterocycles. The number of nitrogens with zero attached hydrogens (tertiary/aromatic N) is 6. The highest BCUT2D eigenvalue weighted by atomic mass is 16.2. The lowest BCUT2D eigenvalue weighted by Crippen LogP contribution is -2.36. The van der Waals surface area contributed by atoms with Gasteiger partial charge in [0, 0.05) is 30.9 Å². The highest BCUT2D eigenvalue weighted by Gasteiger charge is 2.25. The number of hydrogen-bond donors (Lipinski definition) is 1. The Bertz CT molecular complexity index is 1580. The fourth-order valence-electron chi connectivity index (χ4n) is 4.62. The molecule has 0 atom stereocenters. The van der Waals surface area contributed by atoms with E-state index in [1.165, 1.54) is 10.4 Å². The first-order chi connectivity index (χ1) is 16.7. The van der Waals surface area contributed by atoms with E-state index in [1.807, 2.05) is 35.2 Å². The van der Waals surface area contributed by atoms with Crippen molar-refractivity contribution in [3.05, 3.63) is 95.6 Å². The van der Waals surface area contributed by atoms with Crippen molar-refractivity contribution in [2.75, 3.05) is 6.54 Å². The van der Waals surface area contributed by atoms with Crippen molar-refractivity contribution in [2.24, 2.45) is 0 Å². The average molecular weight is 445 g/mol. The monoisotopic (exact) mass is 445 g/mol. The molecule has 0 radical (unpaired) electrons. The highest BCUT2D eigenvalue weighted by Crippen LogP contribution is 2.32. The third kappa shape index (κ3) is 3.22. The number of nitriles is 1. The van der Waals surface area contributed by atoms with Gasteiger partial charge in [-0.15, -0.1) is 0 Å². The van der Waals surface area contributed by atoms with Crippen molar-refractivity contribution >= 4 is 16.9 Å². The summed E-state index contributed by atoms with van der Waals surface area (Å²) in [4.78, 5) is 24.2. The average Bonchev–Trinajstić information content (AvgIpc) is 3.58. The molecule has 0 bridgehead atoms. The van der Waals surface area contributed by atoms with Gasteiger partial charge in [-0.05, 0) is 46.9 Å². The van der Waals surface area contributed by atoms with E-state index in [-0.39, 0.29) is 5.91 Å². The van der Waals surface area contributed by atoms with Crippen molar-refractivity contribution in [1.29, 1.82) is 5.26 Å². The molecule has 164 valence electrons. The van der Waals surface area contributed by atoms with Crippen LogP contribution in [-0.4, -0.2) is 42.3 Å². The molecular formula is C26H19N7O. The number of aromatic nitrogens is 5. The fourth-order valence-corrected chi connectivity index (χ4v) is 4.62. The number of hydrogen-bond acceptors (Lipinski definition) is 5. The lowest BCUT2D eigenvalue weighted by Gasteiger charge is -2.30. The molecule has 0 unspecified atom stereocenters. The molecule has 5 aromatic rings. The standard InChI is InChI=1S/C26H19N7O/c27-14-20-15-29-25-24(20)21(7-9-28-25)18-5-6-19-16-32(12-8-17(19)13-18)26(34)22-3-1-2-4-23(22)33-30-10-11-31-33/h1-7,9-11,13,15H,8,12,16H2,(H,28,29). The SMILES string of the molecule is N#Cc1c[nH]c2nccc(-c3ccc4c(c3)CCN(C(=O)c3ccccc3-n3nccn3)C4)c12. The van der Waals surface area contributed by atoms with Gasteiger partial charge in [-0.3, -0.25) is 4.79 Å². The van der Waals surface area contributed by atoms with Crippen LogP contribution in [0.1, 0.15) is 27.0 Å². The first-order valence-electron chi connectivity index (χ1n) is 11.0. The number of H-pyrrole nitrogens is 1. The zero-order valence-electron chi connectivity index (χ0n) is 18.1. The van der Waals surface area contributed by atoms with Crippen LogP contribution >= 0.6 is 0 Å². The number of amides is 1. The summed E-state index contributed by atoms with van der Waals surface area (Å²) >= 11 is 0. The van der Waals surface area contributed by atoms with Crippen LogP contribution in [0.5, 0.6) is 0 Å². The molecule has 0 saturated carbocycles. The van der Waals surface area contributed by atoms with Gasteiger partial charge in [0.1, 0.15) is 11.7 Å². The molecule has 8 heteroatoms. The molecule has 8 nitrogen and oxygen atoms in total. The second-order valence-electron chi connectivity index (χ2n) is 8.19. The Morgan fingerprint density at radius 3 is 2.74 bits per heavy atom. The number of carbonyl (C=O) groups excluding carboxylic acids is 1. The van der Waals surface area contributed by atoms with E-state index in [9.17, 15) is 10.1 Å². The van der Waals surface area contributed by atoms with Crippen LogP contribution in [0, 0.1) is 11.3 Å². The van der Waals surface area contributed by atoms with Crippen LogP contribution in [0.3, 0.4) is 0 Å². The van der Waals surface area contributed by atoms with Crippen LogP contribution in [0.4, 0.5) is 0 Å². The smallest absolute Gasteiger partial charge is 0.256 e. The summed E-state index contributed by atoms with van der Waals surface area (Å²) in [7, 11) is 0. The van der Waals surface area contributed by atoms with E-state index in [1.54, 1.807) is 24.8 Å². The molecule has 3 aromatic heterocycles. The summed E-state index contributed by atoms with van der Waals surface area (Å²) in [6, 6.07) is 17.9. The third-order valence-electron chi connectivity index (χ3n) is 6.28. The second-order valence-corrected chi connectivity index (χ2v) is 8.19. The van der Waals surface area contributed by atoms with E-state index in [4.69, 9.17) is 0 Å². The molecule has 2 aromatic carbocycles. The molecule has 1 aliphatic rings. The van der Waals surface area contributed by atoms with Gasteiger partial charge in [0.2, 0.25) is 0 Å². The van der Waals surface area contributed by atoms with Crippen molar-refractivity contribution < 1.29 is 4.79 Å². The molecule has 6 rings (SSSR count). The fraction of sp³-hybridized carbons (Fsp3) is 0.115. The number of rotatable bonds is 3. The first-order valence-corrected chi connectivity index (χ1v) is 11.0. The maximum Gasteiger partial charge on any atom is 0.256 e. The predicted molar refractivity (Wildman–Crippen MR) is 126 cm³/mol. The Morgan fingerprint density at radius 2 is 1.88 bits per heavy atom. The summed E-state index contributed by atoms with van der Waals surface area (Å²) in [6.45, 7) is 1.16. The molecule has 0 aliphatic carbocycles. The van der Waals surface area contributed by atoms with Gasteiger partial charge in [-0.1, -0.05) is 30.3 Å². The number of benzene rings is 2. The van der Waals surface area contributed by atoms with Gasteiger partial charge in [-0.2, -0.15) is 20.3 Å². The van der Waals surface area contributed by atoms with Crippen LogP contribution in [0.15, 0.2) is 73.3 Å². The summed E-state index contributed by atoms with van der Waals surface area (Å²) in [5.74, 6) is -0.0375. The van der Waals surface area contributed by atoms with Crippen LogP contribution in [-0.2, 0) is 13.0 Å². The number of aromatic amines is 1. The normalized spacial score (nSPS) is 13.0. The molecule has 34 heavy (non-hydrogen) atoms. The zero-order chi connectivity index (χ0) is 23.1. The number of pyridine rings is 1. The molecule has 0 fully saturated rings. The second kappa shape index (κ2) is 7.98. The third-order valence-corrected chi connectivity index (χ3v) is 6.28. The lowest BCUT2D eigenvalue weighted by atomic mass is 9.93.